The van der Waals surface area contributed by atoms with Crippen LogP contribution in [0.1, 0.15) is 23.6 Å². The third-order valence-corrected chi connectivity index (χ3v) is 2.84. The molecule has 66 valence electrons. The lowest BCUT2D eigenvalue weighted by molar-refractivity contribution is 0.707. The Kier molecular flexibility index (Phi) is 2.25. The molecule has 0 heterocycles. The van der Waals surface area contributed by atoms with Gasteiger partial charge in [0, 0.05) is 9.38 Å². The van der Waals surface area contributed by atoms with Gasteiger partial charge in [0.2, 0.25) is 0 Å². The second-order valence-corrected chi connectivity index (χ2v) is 4.02. The lowest BCUT2D eigenvalue weighted by Crippen LogP contribution is -1.86. The summed E-state index contributed by atoms with van der Waals surface area (Å²) in [6.07, 6.45) is 1.95. The maximum atomic E-state index is 8.36. The summed E-state index contributed by atoms with van der Waals surface area (Å²) >= 11 is 3.42. The van der Waals surface area contributed by atoms with E-state index < -0.39 is 0 Å². The van der Waals surface area contributed by atoms with E-state index in [4.69, 9.17) is 5.53 Å². The van der Waals surface area contributed by atoms with Crippen LogP contribution in [0.25, 0.3) is 10.4 Å². The molecule has 0 saturated carbocycles. The van der Waals surface area contributed by atoms with E-state index in [1.807, 2.05) is 12.1 Å². The zero-order valence-corrected chi connectivity index (χ0v) is 8.53. The number of fused-ring (bicyclic) bond motifs is 1. The summed E-state index contributed by atoms with van der Waals surface area (Å²) in [5.41, 5.74) is 10.8. The number of aryl methyl sites for hydroxylation is 1. The summed E-state index contributed by atoms with van der Waals surface area (Å²) in [6.45, 7) is 0. The fourth-order valence-electron chi connectivity index (χ4n) is 1.75. The van der Waals surface area contributed by atoms with Gasteiger partial charge in [0.1, 0.15) is 0 Å². The maximum Gasteiger partial charge on any atom is 0.0631 e. The molecule has 2 rings (SSSR count). The average molecular weight is 238 g/mol. The van der Waals surface area contributed by atoms with Crippen LogP contribution in [0, 0.1) is 0 Å². The topological polar surface area (TPSA) is 48.8 Å². The highest BCUT2D eigenvalue weighted by atomic mass is 79.9. The van der Waals surface area contributed by atoms with E-state index in [0.717, 1.165) is 17.3 Å². The average Bonchev–Trinajstić information content (AvgIpc) is 2.49. The molecule has 13 heavy (non-hydrogen) atoms. The number of azide groups is 1. The summed E-state index contributed by atoms with van der Waals surface area (Å²) in [7, 11) is 0. The molecule has 0 N–H and O–H groups in total. The van der Waals surface area contributed by atoms with Crippen molar-refractivity contribution in [3.63, 3.8) is 0 Å². The fraction of sp³-hybridized carbons (Fsp3) is 0.333. The lowest BCUT2D eigenvalue weighted by Gasteiger charge is -2.03. The van der Waals surface area contributed by atoms with Crippen molar-refractivity contribution in [1.82, 2.24) is 0 Å². The Morgan fingerprint density at radius 3 is 3.15 bits per heavy atom. The van der Waals surface area contributed by atoms with Gasteiger partial charge in [0.15, 0.2) is 0 Å². The molecule has 0 fully saturated rings. The van der Waals surface area contributed by atoms with Gasteiger partial charge in [0.25, 0.3) is 0 Å². The molecule has 1 unspecified atom stereocenters. The van der Waals surface area contributed by atoms with Crippen molar-refractivity contribution in [2.75, 3.05) is 0 Å². The van der Waals surface area contributed by atoms with Gasteiger partial charge in [-0.2, -0.15) is 0 Å². The van der Waals surface area contributed by atoms with Crippen molar-refractivity contribution in [2.24, 2.45) is 5.11 Å². The number of benzene rings is 1. The van der Waals surface area contributed by atoms with E-state index in [1.54, 1.807) is 0 Å². The Morgan fingerprint density at radius 1 is 1.54 bits per heavy atom. The first-order chi connectivity index (χ1) is 6.31. The number of hydrogen-bond acceptors (Lipinski definition) is 1. The van der Waals surface area contributed by atoms with Crippen LogP contribution < -0.4 is 0 Å². The summed E-state index contributed by atoms with van der Waals surface area (Å²) in [5, 5.41) is 3.76. The molecule has 1 aromatic carbocycles. The first-order valence-electron chi connectivity index (χ1n) is 4.14. The lowest BCUT2D eigenvalue weighted by atomic mass is 10.1. The summed E-state index contributed by atoms with van der Waals surface area (Å²) < 4.78 is 1.09. The first-order valence-corrected chi connectivity index (χ1v) is 4.93. The zero-order valence-electron chi connectivity index (χ0n) is 6.94. The van der Waals surface area contributed by atoms with Crippen LogP contribution >= 0.6 is 15.9 Å². The van der Waals surface area contributed by atoms with Gasteiger partial charge in [0.05, 0.1) is 6.04 Å². The Morgan fingerprint density at radius 2 is 2.38 bits per heavy atom. The number of halogens is 1. The molecular weight excluding hydrogens is 230 g/mol. The molecule has 0 saturated heterocycles. The second-order valence-electron chi connectivity index (χ2n) is 3.10. The van der Waals surface area contributed by atoms with Crippen LogP contribution in [0.3, 0.4) is 0 Å². The van der Waals surface area contributed by atoms with Gasteiger partial charge in [-0.3, -0.25) is 0 Å². The molecule has 0 aliphatic heterocycles. The minimum absolute atomic E-state index is 0.0492. The first kappa shape index (κ1) is 8.60. The van der Waals surface area contributed by atoms with Crippen molar-refractivity contribution in [1.29, 1.82) is 0 Å². The van der Waals surface area contributed by atoms with Crippen LogP contribution in [0.15, 0.2) is 27.8 Å². The molecular formula is C9H8BrN3. The molecule has 1 aromatic rings. The van der Waals surface area contributed by atoms with Crippen molar-refractivity contribution in [2.45, 2.75) is 18.9 Å². The quantitative estimate of drug-likeness (QED) is 0.406. The minimum atomic E-state index is 0.0492. The van der Waals surface area contributed by atoms with Crippen molar-refractivity contribution < 1.29 is 0 Å². The molecule has 0 radical (unpaired) electrons. The molecule has 0 spiro atoms. The highest BCUT2D eigenvalue weighted by molar-refractivity contribution is 9.10. The molecule has 4 heteroatoms. The number of hydrogen-bond donors (Lipinski definition) is 0. The Labute approximate surface area is 84.5 Å². The highest BCUT2D eigenvalue weighted by Gasteiger charge is 2.20. The maximum absolute atomic E-state index is 8.36. The van der Waals surface area contributed by atoms with E-state index >= 15 is 0 Å². The normalized spacial score (nSPS) is 19.3. The van der Waals surface area contributed by atoms with Crippen LogP contribution in [0.2, 0.25) is 0 Å². The van der Waals surface area contributed by atoms with Crippen molar-refractivity contribution in [3.8, 4) is 0 Å². The van der Waals surface area contributed by atoms with Crippen LogP contribution in [-0.4, -0.2) is 0 Å². The number of nitrogens with zero attached hydrogens (tertiary/aromatic N) is 3. The predicted molar refractivity (Wildman–Crippen MR) is 54.4 cm³/mol. The Bertz CT molecular complexity index is 382. The van der Waals surface area contributed by atoms with E-state index in [9.17, 15) is 0 Å². The van der Waals surface area contributed by atoms with Gasteiger partial charge >= 0.3 is 0 Å². The van der Waals surface area contributed by atoms with Gasteiger partial charge in [-0.05, 0) is 41.6 Å². The number of rotatable bonds is 1. The summed E-state index contributed by atoms with van der Waals surface area (Å²) in [5.74, 6) is 0. The third-order valence-electron chi connectivity index (χ3n) is 2.34. The smallest absolute Gasteiger partial charge is 0.0631 e. The molecule has 1 aliphatic rings. The molecule has 0 bridgehead atoms. The Balaban J connectivity index is 2.43. The van der Waals surface area contributed by atoms with Gasteiger partial charge in [-0.1, -0.05) is 27.1 Å². The standard InChI is InChI=1S/C9H8BrN3/c10-7-2-3-8-6(5-7)1-4-9(8)12-13-11/h2-3,5,9H,1,4H2. The zero-order chi connectivity index (χ0) is 9.26. The van der Waals surface area contributed by atoms with Gasteiger partial charge in [-0.25, -0.2) is 0 Å². The Hall–Kier alpha value is -0.990. The van der Waals surface area contributed by atoms with E-state index in [1.165, 1.54) is 11.1 Å². The third kappa shape index (κ3) is 1.55. The van der Waals surface area contributed by atoms with Gasteiger partial charge in [-0.15, -0.1) is 0 Å². The molecule has 1 aliphatic carbocycles. The van der Waals surface area contributed by atoms with Crippen LogP contribution in [0.5, 0.6) is 0 Å². The van der Waals surface area contributed by atoms with Gasteiger partial charge < -0.3 is 0 Å². The molecule has 0 amide bonds. The minimum Gasteiger partial charge on any atom is -0.0859 e. The van der Waals surface area contributed by atoms with E-state index in [-0.39, 0.29) is 6.04 Å². The van der Waals surface area contributed by atoms with E-state index in [2.05, 4.69) is 32.0 Å². The summed E-state index contributed by atoms with van der Waals surface area (Å²) in [4.78, 5) is 2.85. The highest BCUT2D eigenvalue weighted by Crippen LogP contribution is 2.35. The SMILES string of the molecule is [N-]=[N+]=NC1CCc2cc(Br)ccc21. The summed E-state index contributed by atoms with van der Waals surface area (Å²) in [6, 6.07) is 6.17. The van der Waals surface area contributed by atoms with Crippen LogP contribution in [-0.2, 0) is 6.42 Å². The predicted octanol–water partition coefficient (Wildman–Crippen LogP) is 3.75. The van der Waals surface area contributed by atoms with Crippen molar-refractivity contribution in [3.05, 3.63) is 44.2 Å². The molecule has 1 atom stereocenters. The molecule has 0 aromatic heterocycles. The van der Waals surface area contributed by atoms with E-state index in [0.29, 0.717) is 0 Å². The largest absolute Gasteiger partial charge is 0.0859 e. The second kappa shape index (κ2) is 3.40. The monoisotopic (exact) mass is 237 g/mol. The fourth-order valence-corrected chi connectivity index (χ4v) is 2.15. The van der Waals surface area contributed by atoms with Crippen LogP contribution in [0.4, 0.5) is 0 Å². The molecule has 3 nitrogen and oxygen atoms in total. The van der Waals surface area contributed by atoms with Crippen molar-refractivity contribution >= 4 is 15.9 Å².